The number of amides is 1. The number of aliphatic hydroxyl groups is 1. The van der Waals surface area contributed by atoms with E-state index in [4.69, 9.17) is 10.2 Å². The van der Waals surface area contributed by atoms with Crippen molar-refractivity contribution in [2.45, 2.75) is 11.4 Å². The second-order valence-corrected chi connectivity index (χ2v) is 4.70. The highest BCUT2D eigenvalue weighted by Crippen LogP contribution is 2.39. The summed E-state index contributed by atoms with van der Waals surface area (Å²) in [6.45, 7) is -0.324. The van der Waals surface area contributed by atoms with E-state index in [0.717, 1.165) is 0 Å². The maximum absolute atomic E-state index is 11.7. The third-order valence-electron chi connectivity index (χ3n) is 2.75. The number of aliphatic hydroxyl groups excluding tert-OH is 1. The molecule has 1 saturated heterocycles. The van der Waals surface area contributed by atoms with Gasteiger partial charge in [-0.05, 0) is 12.6 Å². The van der Waals surface area contributed by atoms with Gasteiger partial charge in [-0.1, -0.05) is 0 Å². The smallest absolute Gasteiger partial charge is 0.352 e. The lowest BCUT2D eigenvalue weighted by atomic mass is 10.0. The molecular formula is C9H12N2O4S. The summed E-state index contributed by atoms with van der Waals surface area (Å²) in [4.78, 5) is 24.0. The standard InChI is InChI=1S/C9H12N2O4S/c1-10-5-7(13)11-6(9(14)15)4(2-12)3-16-8(5)11/h5,8,10,12H,2-3H2,1H3,(H,14,15). The summed E-state index contributed by atoms with van der Waals surface area (Å²) >= 11 is 1.46. The molecule has 0 spiro atoms. The van der Waals surface area contributed by atoms with Gasteiger partial charge in [-0.15, -0.1) is 11.8 Å². The summed E-state index contributed by atoms with van der Waals surface area (Å²) < 4.78 is 0. The van der Waals surface area contributed by atoms with Gasteiger partial charge in [0.15, 0.2) is 0 Å². The van der Waals surface area contributed by atoms with Gasteiger partial charge in [-0.3, -0.25) is 9.69 Å². The summed E-state index contributed by atoms with van der Waals surface area (Å²) in [7, 11) is 1.67. The molecule has 2 aliphatic heterocycles. The van der Waals surface area contributed by atoms with Crippen molar-refractivity contribution >= 4 is 23.6 Å². The Morgan fingerprint density at radius 3 is 2.88 bits per heavy atom. The number of aliphatic carboxylic acids is 1. The van der Waals surface area contributed by atoms with Gasteiger partial charge < -0.3 is 15.5 Å². The Balaban J connectivity index is 2.33. The molecule has 0 aromatic carbocycles. The summed E-state index contributed by atoms with van der Waals surface area (Å²) in [5, 5.41) is 20.8. The van der Waals surface area contributed by atoms with Crippen LogP contribution in [0.2, 0.25) is 0 Å². The third-order valence-corrected chi connectivity index (χ3v) is 4.09. The molecule has 0 bridgehead atoms. The van der Waals surface area contributed by atoms with Crippen LogP contribution >= 0.6 is 11.8 Å². The number of carboxylic acids is 1. The first-order chi connectivity index (χ1) is 7.61. The van der Waals surface area contributed by atoms with Crippen molar-refractivity contribution in [2.75, 3.05) is 19.4 Å². The molecule has 3 N–H and O–H groups in total. The van der Waals surface area contributed by atoms with Crippen molar-refractivity contribution in [2.24, 2.45) is 0 Å². The first kappa shape index (κ1) is 11.4. The van der Waals surface area contributed by atoms with Crippen LogP contribution in [0.4, 0.5) is 0 Å². The Hall–Kier alpha value is -1.05. The van der Waals surface area contributed by atoms with Crippen LogP contribution in [0.3, 0.4) is 0 Å². The van der Waals surface area contributed by atoms with Gasteiger partial charge in [0.2, 0.25) is 5.91 Å². The molecule has 0 saturated carbocycles. The van der Waals surface area contributed by atoms with Crippen LogP contribution in [-0.2, 0) is 9.59 Å². The molecule has 1 amide bonds. The first-order valence-electron chi connectivity index (χ1n) is 4.80. The summed E-state index contributed by atoms with van der Waals surface area (Å²) in [6, 6.07) is -0.320. The topological polar surface area (TPSA) is 89.9 Å². The minimum Gasteiger partial charge on any atom is -0.477 e. The number of rotatable bonds is 3. The number of likely N-dealkylation sites (N-methyl/N-ethyl adjacent to an activating group) is 1. The summed E-state index contributed by atoms with van der Waals surface area (Å²) in [5.41, 5.74) is 0.347. The van der Waals surface area contributed by atoms with E-state index in [-0.39, 0.29) is 29.6 Å². The fraction of sp³-hybridized carbons (Fsp3) is 0.556. The highest BCUT2D eigenvalue weighted by Gasteiger charge is 2.52. The zero-order valence-electron chi connectivity index (χ0n) is 8.64. The molecule has 2 aliphatic rings. The SMILES string of the molecule is CNC1C(=O)N2C(C(=O)O)=C(CO)CSC12. The Morgan fingerprint density at radius 2 is 2.38 bits per heavy atom. The third kappa shape index (κ3) is 1.43. The number of nitrogens with zero attached hydrogens (tertiary/aromatic N) is 1. The van der Waals surface area contributed by atoms with Gasteiger partial charge in [0.1, 0.15) is 17.1 Å². The van der Waals surface area contributed by atoms with Gasteiger partial charge in [0.25, 0.3) is 0 Å². The van der Waals surface area contributed by atoms with Gasteiger partial charge >= 0.3 is 5.97 Å². The zero-order valence-corrected chi connectivity index (χ0v) is 9.45. The number of thioether (sulfide) groups is 1. The molecule has 88 valence electrons. The van der Waals surface area contributed by atoms with Gasteiger partial charge in [-0.25, -0.2) is 4.79 Å². The molecule has 1 fully saturated rings. The van der Waals surface area contributed by atoms with Crippen molar-refractivity contribution in [3.8, 4) is 0 Å². The minimum atomic E-state index is -1.16. The van der Waals surface area contributed by atoms with Crippen molar-refractivity contribution < 1.29 is 19.8 Å². The molecule has 0 aromatic rings. The van der Waals surface area contributed by atoms with Crippen LogP contribution < -0.4 is 5.32 Å². The maximum atomic E-state index is 11.7. The Morgan fingerprint density at radius 1 is 1.69 bits per heavy atom. The van der Waals surface area contributed by atoms with E-state index in [2.05, 4.69) is 5.32 Å². The first-order valence-corrected chi connectivity index (χ1v) is 5.84. The van der Waals surface area contributed by atoms with Crippen LogP contribution in [0.25, 0.3) is 0 Å². The fourth-order valence-electron chi connectivity index (χ4n) is 1.94. The van der Waals surface area contributed by atoms with Crippen LogP contribution in [0.5, 0.6) is 0 Å². The number of hydrogen-bond acceptors (Lipinski definition) is 5. The molecule has 0 radical (unpaired) electrons. The second kappa shape index (κ2) is 4.08. The van der Waals surface area contributed by atoms with Crippen LogP contribution in [-0.4, -0.2) is 57.8 Å². The number of carbonyl (C=O) groups is 2. The Labute approximate surface area is 96.3 Å². The number of nitrogens with one attached hydrogen (secondary N) is 1. The predicted octanol–water partition coefficient (Wildman–Crippen LogP) is -1.18. The largest absolute Gasteiger partial charge is 0.477 e. The number of carbonyl (C=O) groups excluding carboxylic acids is 1. The molecule has 0 aliphatic carbocycles. The van der Waals surface area contributed by atoms with Crippen molar-refractivity contribution in [3.63, 3.8) is 0 Å². The molecule has 16 heavy (non-hydrogen) atoms. The average Bonchev–Trinajstić information content (AvgIpc) is 2.27. The monoisotopic (exact) mass is 244 g/mol. The minimum absolute atomic E-state index is 0.0530. The molecule has 6 nitrogen and oxygen atoms in total. The quantitative estimate of drug-likeness (QED) is 0.541. The van der Waals surface area contributed by atoms with Gasteiger partial charge in [0, 0.05) is 5.75 Å². The summed E-state index contributed by atoms with van der Waals surface area (Å²) in [6.07, 6.45) is 0. The molecule has 2 atom stereocenters. The van der Waals surface area contributed by atoms with Gasteiger partial charge in [0.05, 0.1) is 6.61 Å². The van der Waals surface area contributed by atoms with E-state index >= 15 is 0 Å². The molecule has 2 rings (SSSR count). The van der Waals surface area contributed by atoms with E-state index in [1.807, 2.05) is 0 Å². The van der Waals surface area contributed by atoms with E-state index in [1.165, 1.54) is 16.7 Å². The Bertz CT molecular complexity index is 382. The predicted molar refractivity (Wildman–Crippen MR) is 57.7 cm³/mol. The lowest BCUT2D eigenvalue weighted by molar-refractivity contribution is -0.149. The van der Waals surface area contributed by atoms with Crippen molar-refractivity contribution in [1.82, 2.24) is 10.2 Å². The summed E-state index contributed by atoms with van der Waals surface area (Å²) in [5.74, 6) is -0.953. The lowest BCUT2D eigenvalue weighted by Crippen LogP contribution is -2.69. The fourth-order valence-corrected chi connectivity index (χ4v) is 3.34. The molecule has 0 aromatic heterocycles. The number of β-lactam (4-membered cyclic amide) rings is 1. The van der Waals surface area contributed by atoms with E-state index < -0.39 is 5.97 Å². The second-order valence-electron chi connectivity index (χ2n) is 3.59. The van der Waals surface area contributed by atoms with Crippen LogP contribution in [0.15, 0.2) is 11.3 Å². The molecule has 2 heterocycles. The lowest BCUT2D eigenvalue weighted by Gasteiger charge is -2.49. The van der Waals surface area contributed by atoms with E-state index in [9.17, 15) is 9.59 Å². The van der Waals surface area contributed by atoms with Crippen LogP contribution in [0, 0.1) is 0 Å². The zero-order chi connectivity index (χ0) is 11.9. The molecule has 7 heteroatoms. The molecular weight excluding hydrogens is 232 g/mol. The van der Waals surface area contributed by atoms with Crippen LogP contribution in [0.1, 0.15) is 0 Å². The maximum Gasteiger partial charge on any atom is 0.352 e. The number of hydrogen-bond donors (Lipinski definition) is 3. The highest BCUT2D eigenvalue weighted by atomic mass is 32.2. The van der Waals surface area contributed by atoms with E-state index in [0.29, 0.717) is 11.3 Å². The highest BCUT2D eigenvalue weighted by molar-refractivity contribution is 8.00. The number of fused-ring (bicyclic) bond motifs is 1. The number of carboxylic acid groups (broad SMARTS) is 1. The Kier molecular flexibility index (Phi) is 2.92. The van der Waals surface area contributed by atoms with E-state index in [1.54, 1.807) is 7.05 Å². The van der Waals surface area contributed by atoms with Gasteiger partial charge in [-0.2, -0.15) is 0 Å². The molecule has 2 unspecified atom stereocenters. The normalized spacial score (nSPS) is 28.9. The van der Waals surface area contributed by atoms with Crippen molar-refractivity contribution in [3.05, 3.63) is 11.3 Å². The average molecular weight is 244 g/mol. The van der Waals surface area contributed by atoms with Crippen molar-refractivity contribution in [1.29, 1.82) is 0 Å².